The van der Waals surface area contributed by atoms with E-state index >= 15 is 0 Å². The maximum absolute atomic E-state index is 5.67. The fourth-order valence-electron chi connectivity index (χ4n) is 3.01. The van der Waals surface area contributed by atoms with E-state index in [4.69, 9.17) is 9.47 Å². The van der Waals surface area contributed by atoms with Crippen molar-refractivity contribution in [2.45, 2.75) is 6.04 Å². The predicted molar refractivity (Wildman–Crippen MR) is 97.9 cm³/mol. The maximum atomic E-state index is 5.67. The zero-order valence-corrected chi connectivity index (χ0v) is 15.7. The summed E-state index contributed by atoms with van der Waals surface area (Å²) in [6, 6.07) is 8.59. The summed E-state index contributed by atoms with van der Waals surface area (Å²) in [5.41, 5.74) is 1.15. The zero-order chi connectivity index (χ0) is 16.2. The molecule has 0 amide bonds. The molecule has 2 heterocycles. The highest BCUT2D eigenvalue weighted by atomic mass is 79.9. The van der Waals surface area contributed by atoms with E-state index in [0.717, 1.165) is 47.7 Å². The molecule has 1 saturated heterocycles. The Hall–Kier alpha value is -1.08. The standard InChI is InChI=1S/C17H21BrN2O2S/c1-21-14-11-13(18)15(22-2)10-12(14)17(16-4-3-9-23-16)20-7-5-19-6-8-20/h3-4,9-11,17,19H,5-8H2,1-2H3/t17-/m1/s1. The first-order valence-electron chi connectivity index (χ1n) is 7.64. The second-order valence-corrected chi connectivity index (χ2v) is 7.27. The quantitative estimate of drug-likeness (QED) is 0.837. The number of ether oxygens (including phenoxy) is 2. The van der Waals surface area contributed by atoms with E-state index in [9.17, 15) is 0 Å². The molecule has 1 atom stereocenters. The Balaban J connectivity index is 2.08. The molecule has 0 unspecified atom stereocenters. The van der Waals surface area contributed by atoms with E-state index in [0.29, 0.717) is 0 Å². The molecule has 1 aliphatic heterocycles. The second kappa shape index (κ2) is 7.66. The molecule has 0 radical (unpaired) electrons. The van der Waals surface area contributed by atoms with Gasteiger partial charge in [0.05, 0.1) is 24.7 Å². The van der Waals surface area contributed by atoms with Gasteiger partial charge in [0, 0.05) is 36.6 Å². The molecule has 1 aromatic heterocycles. The summed E-state index contributed by atoms with van der Waals surface area (Å²) in [5, 5.41) is 5.56. The van der Waals surface area contributed by atoms with Gasteiger partial charge in [-0.25, -0.2) is 0 Å². The highest BCUT2D eigenvalue weighted by molar-refractivity contribution is 9.10. The molecular weight excluding hydrogens is 376 g/mol. The van der Waals surface area contributed by atoms with E-state index in [1.54, 1.807) is 25.6 Å². The molecule has 1 aromatic carbocycles. The van der Waals surface area contributed by atoms with Crippen LogP contribution in [0.5, 0.6) is 11.5 Å². The summed E-state index contributed by atoms with van der Waals surface area (Å²) in [6.07, 6.45) is 0. The summed E-state index contributed by atoms with van der Waals surface area (Å²) in [4.78, 5) is 3.84. The van der Waals surface area contributed by atoms with Crippen molar-refractivity contribution in [3.63, 3.8) is 0 Å². The fraction of sp³-hybridized carbons (Fsp3) is 0.412. The van der Waals surface area contributed by atoms with Crippen molar-refractivity contribution in [1.82, 2.24) is 10.2 Å². The molecule has 1 N–H and O–H groups in total. The third-order valence-corrected chi connectivity index (χ3v) is 5.67. The highest BCUT2D eigenvalue weighted by Gasteiger charge is 2.28. The lowest BCUT2D eigenvalue weighted by Crippen LogP contribution is -2.45. The van der Waals surface area contributed by atoms with Gasteiger partial charge in [0.15, 0.2) is 0 Å². The van der Waals surface area contributed by atoms with Gasteiger partial charge in [0.2, 0.25) is 0 Å². The summed E-state index contributed by atoms with van der Waals surface area (Å²) < 4.78 is 12.1. The van der Waals surface area contributed by atoms with Crippen molar-refractivity contribution in [3.05, 3.63) is 44.6 Å². The highest BCUT2D eigenvalue weighted by Crippen LogP contribution is 2.41. The van der Waals surface area contributed by atoms with Crippen LogP contribution in [0.2, 0.25) is 0 Å². The molecule has 4 nitrogen and oxygen atoms in total. The minimum atomic E-state index is 0.189. The molecule has 3 rings (SSSR count). The molecule has 124 valence electrons. The topological polar surface area (TPSA) is 33.7 Å². The van der Waals surface area contributed by atoms with E-state index in [1.807, 2.05) is 6.07 Å². The Kier molecular flexibility index (Phi) is 5.58. The summed E-state index contributed by atoms with van der Waals surface area (Å²) in [7, 11) is 3.42. The van der Waals surface area contributed by atoms with Crippen molar-refractivity contribution in [2.24, 2.45) is 0 Å². The van der Waals surface area contributed by atoms with Crippen molar-refractivity contribution in [2.75, 3.05) is 40.4 Å². The predicted octanol–water partition coefficient (Wildman–Crippen LogP) is 3.52. The number of rotatable bonds is 5. The van der Waals surface area contributed by atoms with Crippen LogP contribution in [0.15, 0.2) is 34.1 Å². The monoisotopic (exact) mass is 396 g/mol. The van der Waals surface area contributed by atoms with Crippen LogP contribution >= 0.6 is 27.3 Å². The number of thiophene rings is 1. The summed E-state index contributed by atoms with van der Waals surface area (Å²) in [5.74, 6) is 1.71. The van der Waals surface area contributed by atoms with E-state index in [1.165, 1.54) is 4.88 Å². The number of hydrogen-bond donors (Lipinski definition) is 1. The maximum Gasteiger partial charge on any atom is 0.133 e. The third-order valence-electron chi connectivity index (χ3n) is 4.13. The first kappa shape index (κ1) is 16.8. The number of nitrogens with one attached hydrogen (secondary N) is 1. The lowest BCUT2D eigenvalue weighted by atomic mass is 10.0. The molecule has 0 bridgehead atoms. The summed E-state index contributed by atoms with van der Waals surface area (Å²) in [6.45, 7) is 4.06. The van der Waals surface area contributed by atoms with E-state index < -0.39 is 0 Å². The van der Waals surface area contributed by atoms with Crippen LogP contribution in [-0.4, -0.2) is 45.3 Å². The Labute approximate surface area is 149 Å². The normalized spacial score (nSPS) is 17.0. The number of benzene rings is 1. The molecule has 23 heavy (non-hydrogen) atoms. The SMILES string of the molecule is COc1cc([C@H](c2cccs2)N2CCNCC2)c(OC)cc1Br. The van der Waals surface area contributed by atoms with Crippen LogP contribution in [-0.2, 0) is 0 Å². The molecule has 1 fully saturated rings. The van der Waals surface area contributed by atoms with Gasteiger partial charge in [-0.15, -0.1) is 11.3 Å². The Morgan fingerprint density at radius 1 is 1.17 bits per heavy atom. The van der Waals surface area contributed by atoms with Crippen LogP contribution in [0.25, 0.3) is 0 Å². The van der Waals surface area contributed by atoms with Gasteiger partial charge in [-0.05, 0) is 39.5 Å². The molecular formula is C17H21BrN2O2S. The fourth-order valence-corrected chi connectivity index (χ4v) is 4.38. The molecule has 6 heteroatoms. The number of nitrogens with zero attached hydrogens (tertiary/aromatic N) is 1. The summed E-state index contributed by atoms with van der Waals surface area (Å²) >= 11 is 5.34. The van der Waals surface area contributed by atoms with Gasteiger partial charge in [0.25, 0.3) is 0 Å². The Morgan fingerprint density at radius 3 is 2.52 bits per heavy atom. The molecule has 0 aliphatic carbocycles. The van der Waals surface area contributed by atoms with Gasteiger partial charge in [-0.3, -0.25) is 4.90 Å². The minimum absolute atomic E-state index is 0.189. The number of halogens is 1. The lowest BCUT2D eigenvalue weighted by molar-refractivity contribution is 0.197. The Morgan fingerprint density at radius 2 is 1.91 bits per heavy atom. The van der Waals surface area contributed by atoms with Crippen LogP contribution in [0.1, 0.15) is 16.5 Å². The van der Waals surface area contributed by atoms with Crippen LogP contribution < -0.4 is 14.8 Å². The molecule has 2 aromatic rings. The van der Waals surface area contributed by atoms with Gasteiger partial charge >= 0.3 is 0 Å². The van der Waals surface area contributed by atoms with E-state index in [2.05, 4.69) is 49.7 Å². The average Bonchev–Trinajstić information content (AvgIpc) is 3.11. The van der Waals surface area contributed by atoms with Crippen molar-refractivity contribution in [1.29, 1.82) is 0 Å². The van der Waals surface area contributed by atoms with Crippen molar-refractivity contribution < 1.29 is 9.47 Å². The third kappa shape index (κ3) is 3.55. The first-order valence-corrected chi connectivity index (χ1v) is 9.31. The van der Waals surface area contributed by atoms with Crippen molar-refractivity contribution in [3.8, 4) is 11.5 Å². The zero-order valence-electron chi connectivity index (χ0n) is 13.3. The van der Waals surface area contributed by atoms with Gasteiger partial charge < -0.3 is 14.8 Å². The number of methoxy groups -OCH3 is 2. The number of piperazine rings is 1. The van der Waals surface area contributed by atoms with Crippen LogP contribution in [0.3, 0.4) is 0 Å². The largest absolute Gasteiger partial charge is 0.496 e. The second-order valence-electron chi connectivity index (χ2n) is 5.43. The lowest BCUT2D eigenvalue weighted by Gasteiger charge is -2.35. The van der Waals surface area contributed by atoms with Crippen LogP contribution in [0.4, 0.5) is 0 Å². The number of hydrogen-bond acceptors (Lipinski definition) is 5. The van der Waals surface area contributed by atoms with E-state index in [-0.39, 0.29) is 6.04 Å². The first-order chi connectivity index (χ1) is 11.2. The molecule has 0 spiro atoms. The average molecular weight is 397 g/mol. The smallest absolute Gasteiger partial charge is 0.133 e. The van der Waals surface area contributed by atoms with Crippen LogP contribution in [0, 0.1) is 0 Å². The van der Waals surface area contributed by atoms with Gasteiger partial charge in [-0.2, -0.15) is 0 Å². The Bertz CT molecular complexity index is 642. The molecule has 1 aliphatic rings. The van der Waals surface area contributed by atoms with Crippen molar-refractivity contribution >= 4 is 27.3 Å². The van der Waals surface area contributed by atoms with Gasteiger partial charge in [-0.1, -0.05) is 6.07 Å². The van der Waals surface area contributed by atoms with Gasteiger partial charge in [0.1, 0.15) is 11.5 Å². The molecule has 0 saturated carbocycles. The minimum Gasteiger partial charge on any atom is -0.496 e.